The molecule has 0 spiro atoms. The highest BCUT2D eigenvalue weighted by Crippen LogP contribution is 2.14. The highest BCUT2D eigenvalue weighted by Gasteiger charge is 2.19. The molecule has 0 saturated carbocycles. The van der Waals surface area contributed by atoms with Crippen LogP contribution >= 0.6 is 0 Å². The highest BCUT2D eigenvalue weighted by atomic mass is 16.6. The molecule has 0 radical (unpaired) electrons. The van der Waals surface area contributed by atoms with Crippen LogP contribution in [0.3, 0.4) is 0 Å². The average molecular weight is 960 g/mol. The topological polar surface area (TPSA) is 78.9 Å². The summed E-state index contributed by atoms with van der Waals surface area (Å²) in [7, 11) is 0. The van der Waals surface area contributed by atoms with E-state index in [0.29, 0.717) is 12.8 Å². The minimum Gasteiger partial charge on any atom is -0.462 e. The Morgan fingerprint density at radius 2 is 0.565 bits per heavy atom. The van der Waals surface area contributed by atoms with Crippen LogP contribution in [0.1, 0.15) is 265 Å². The van der Waals surface area contributed by atoms with E-state index in [-0.39, 0.29) is 37.5 Å². The van der Waals surface area contributed by atoms with E-state index < -0.39 is 6.10 Å². The molecule has 0 aliphatic heterocycles. The lowest BCUT2D eigenvalue weighted by Crippen LogP contribution is -2.30. The summed E-state index contributed by atoms with van der Waals surface area (Å²) in [5.41, 5.74) is 0. The summed E-state index contributed by atoms with van der Waals surface area (Å²) in [4.78, 5) is 38.1. The van der Waals surface area contributed by atoms with Crippen molar-refractivity contribution >= 4 is 17.9 Å². The molecule has 0 rings (SSSR count). The molecule has 0 amide bonds. The highest BCUT2D eigenvalue weighted by molar-refractivity contribution is 5.71. The zero-order valence-corrected chi connectivity index (χ0v) is 45.0. The first kappa shape index (κ1) is 65.3. The van der Waals surface area contributed by atoms with Gasteiger partial charge in [0.1, 0.15) is 13.2 Å². The van der Waals surface area contributed by atoms with Crippen LogP contribution in [-0.2, 0) is 28.6 Å². The van der Waals surface area contributed by atoms with Gasteiger partial charge in [-0.1, -0.05) is 221 Å². The maximum Gasteiger partial charge on any atom is 0.306 e. The van der Waals surface area contributed by atoms with E-state index in [1.165, 1.54) is 116 Å². The van der Waals surface area contributed by atoms with Gasteiger partial charge in [-0.2, -0.15) is 0 Å². The molecular formula is C63H106O6. The molecule has 69 heavy (non-hydrogen) atoms. The summed E-state index contributed by atoms with van der Waals surface area (Å²) in [6.45, 7) is 6.45. The molecule has 394 valence electrons. The quantitative estimate of drug-likeness (QED) is 0.0262. The van der Waals surface area contributed by atoms with Crippen molar-refractivity contribution in [2.75, 3.05) is 13.2 Å². The molecule has 6 nitrogen and oxygen atoms in total. The molecule has 0 aromatic carbocycles. The molecule has 0 aromatic heterocycles. The van der Waals surface area contributed by atoms with Crippen LogP contribution in [0.15, 0.2) is 97.2 Å². The Labute approximate surface area is 426 Å². The van der Waals surface area contributed by atoms with Gasteiger partial charge in [0.25, 0.3) is 0 Å². The molecule has 0 fully saturated rings. The van der Waals surface area contributed by atoms with Crippen molar-refractivity contribution in [3.8, 4) is 0 Å². The molecule has 0 aliphatic rings. The van der Waals surface area contributed by atoms with Crippen molar-refractivity contribution in [3.63, 3.8) is 0 Å². The van der Waals surface area contributed by atoms with Gasteiger partial charge in [-0.25, -0.2) is 0 Å². The van der Waals surface area contributed by atoms with Gasteiger partial charge in [0.15, 0.2) is 6.10 Å². The van der Waals surface area contributed by atoms with Crippen molar-refractivity contribution < 1.29 is 28.6 Å². The SMILES string of the molecule is CC/C=C\C/C=C\C/C=C\C/C=C\C/C=C\CCCCCC(=O)O[C@@H](COC(=O)CCCCCCC/C=C\CCCCCC)COC(=O)CCCCCCCCCCC/C=C\C/C=C\CCCCC. The first-order valence-electron chi connectivity index (χ1n) is 28.7. The summed E-state index contributed by atoms with van der Waals surface area (Å²) in [6, 6.07) is 0. The van der Waals surface area contributed by atoms with Gasteiger partial charge in [0, 0.05) is 19.3 Å². The van der Waals surface area contributed by atoms with Gasteiger partial charge < -0.3 is 14.2 Å². The monoisotopic (exact) mass is 959 g/mol. The van der Waals surface area contributed by atoms with E-state index in [1.54, 1.807) is 0 Å². The van der Waals surface area contributed by atoms with E-state index in [9.17, 15) is 14.4 Å². The van der Waals surface area contributed by atoms with Crippen molar-refractivity contribution in [2.24, 2.45) is 0 Å². The normalized spacial score (nSPS) is 12.8. The Kier molecular flexibility index (Phi) is 53.9. The van der Waals surface area contributed by atoms with Crippen molar-refractivity contribution in [2.45, 2.75) is 271 Å². The minimum atomic E-state index is -0.801. The van der Waals surface area contributed by atoms with E-state index in [1.807, 2.05) is 0 Å². The maximum atomic E-state index is 12.9. The van der Waals surface area contributed by atoms with Crippen LogP contribution < -0.4 is 0 Å². The van der Waals surface area contributed by atoms with E-state index in [2.05, 4.69) is 118 Å². The molecule has 0 saturated heterocycles. The van der Waals surface area contributed by atoms with Crippen molar-refractivity contribution in [1.29, 1.82) is 0 Å². The number of hydrogen-bond acceptors (Lipinski definition) is 6. The molecule has 0 bridgehead atoms. The van der Waals surface area contributed by atoms with Gasteiger partial charge in [-0.15, -0.1) is 0 Å². The lowest BCUT2D eigenvalue weighted by Gasteiger charge is -2.18. The van der Waals surface area contributed by atoms with Crippen LogP contribution in [0.25, 0.3) is 0 Å². The van der Waals surface area contributed by atoms with Gasteiger partial charge in [-0.05, 0) is 122 Å². The Bertz CT molecular complexity index is 1380. The fourth-order valence-electron chi connectivity index (χ4n) is 7.73. The molecule has 1 atom stereocenters. The van der Waals surface area contributed by atoms with Crippen LogP contribution in [0.4, 0.5) is 0 Å². The van der Waals surface area contributed by atoms with Crippen molar-refractivity contribution in [3.05, 3.63) is 97.2 Å². The van der Waals surface area contributed by atoms with Crippen LogP contribution in [0, 0.1) is 0 Å². The van der Waals surface area contributed by atoms with Gasteiger partial charge in [0.05, 0.1) is 0 Å². The molecule has 0 heterocycles. The Balaban J connectivity index is 4.45. The molecule has 0 unspecified atom stereocenters. The van der Waals surface area contributed by atoms with Crippen LogP contribution in [0.2, 0.25) is 0 Å². The second kappa shape index (κ2) is 56.9. The third-order valence-corrected chi connectivity index (χ3v) is 12.0. The summed E-state index contributed by atoms with van der Waals surface area (Å²) in [5.74, 6) is -0.939. The van der Waals surface area contributed by atoms with Crippen LogP contribution in [0.5, 0.6) is 0 Å². The largest absolute Gasteiger partial charge is 0.462 e. The van der Waals surface area contributed by atoms with Gasteiger partial charge in [-0.3, -0.25) is 14.4 Å². The number of unbranched alkanes of at least 4 members (excludes halogenated alkanes) is 24. The first-order valence-corrected chi connectivity index (χ1v) is 28.7. The zero-order valence-electron chi connectivity index (χ0n) is 45.0. The summed E-state index contributed by atoms with van der Waals surface area (Å²) < 4.78 is 16.8. The number of carbonyl (C=O) groups excluding carboxylic acids is 3. The van der Waals surface area contributed by atoms with E-state index in [0.717, 1.165) is 109 Å². The standard InChI is InChI=1S/C63H106O6/c1-4-7-10-13-16-19-22-25-27-29-31-33-35-38-41-44-47-50-53-56-62(65)68-59-60(58-67-61(64)55-52-49-46-43-40-37-24-21-18-15-12-9-6-3)69-63(66)57-54-51-48-45-42-39-36-34-32-30-28-26-23-20-17-14-11-8-5-2/h8,11,16-17,19-21,24-28,32,34,39,42,60H,4-7,9-10,12-15,18,22-23,29-31,33,35-38,40-41,43-59H2,1-3H3/b11-8-,19-16-,20-17-,24-21-,27-25-,28-26-,34-32-,42-39-/t60-/m0/s1. The summed E-state index contributed by atoms with van der Waals surface area (Å²) in [5, 5.41) is 0. The smallest absolute Gasteiger partial charge is 0.306 e. The second-order valence-electron chi connectivity index (χ2n) is 18.8. The Morgan fingerprint density at radius 3 is 0.942 bits per heavy atom. The number of allylic oxidation sites excluding steroid dienone is 16. The fourth-order valence-corrected chi connectivity index (χ4v) is 7.73. The third-order valence-electron chi connectivity index (χ3n) is 12.0. The molecule has 6 heteroatoms. The average Bonchev–Trinajstić information content (AvgIpc) is 3.35. The lowest BCUT2D eigenvalue weighted by molar-refractivity contribution is -0.167. The molecule has 0 aromatic rings. The predicted octanol–water partition coefficient (Wildman–Crippen LogP) is 19.3. The number of hydrogen-bond donors (Lipinski definition) is 0. The Hall–Kier alpha value is -3.67. The van der Waals surface area contributed by atoms with Gasteiger partial charge >= 0.3 is 17.9 Å². The number of carbonyl (C=O) groups is 3. The maximum absolute atomic E-state index is 12.9. The predicted molar refractivity (Wildman–Crippen MR) is 297 cm³/mol. The first-order chi connectivity index (χ1) is 34.0. The molecule has 0 N–H and O–H groups in total. The zero-order chi connectivity index (χ0) is 50.0. The number of ether oxygens (including phenoxy) is 3. The Morgan fingerprint density at radius 1 is 0.304 bits per heavy atom. The third kappa shape index (κ3) is 55.1. The summed E-state index contributed by atoms with van der Waals surface area (Å²) >= 11 is 0. The minimum absolute atomic E-state index is 0.0962. The second-order valence-corrected chi connectivity index (χ2v) is 18.8. The molecule has 0 aliphatic carbocycles. The summed E-state index contributed by atoms with van der Waals surface area (Å²) in [6.07, 6.45) is 75.3. The van der Waals surface area contributed by atoms with Crippen LogP contribution in [-0.4, -0.2) is 37.2 Å². The fraction of sp³-hybridized carbons (Fsp3) is 0.698. The van der Waals surface area contributed by atoms with E-state index >= 15 is 0 Å². The lowest BCUT2D eigenvalue weighted by atomic mass is 10.1. The van der Waals surface area contributed by atoms with Crippen molar-refractivity contribution in [1.82, 2.24) is 0 Å². The van der Waals surface area contributed by atoms with E-state index in [4.69, 9.17) is 14.2 Å². The molecular weight excluding hydrogens is 853 g/mol. The van der Waals surface area contributed by atoms with Gasteiger partial charge in [0.2, 0.25) is 0 Å². The number of rotatable bonds is 51. The number of esters is 3.